The molecule has 0 saturated carbocycles. The van der Waals surface area contributed by atoms with Gasteiger partial charge in [-0.2, -0.15) is 10.2 Å². The molecule has 0 saturated heterocycles. The van der Waals surface area contributed by atoms with Crippen LogP contribution in [-0.2, 0) is 0 Å². The van der Waals surface area contributed by atoms with Crippen LogP contribution in [0.15, 0.2) is 164 Å². The summed E-state index contributed by atoms with van der Waals surface area (Å²) in [6.45, 7) is 7.79. The second kappa shape index (κ2) is 16.5. The summed E-state index contributed by atoms with van der Waals surface area (Å²) in [5, 5.41) is 49.0. The van der Waals surface area contributed by atoms with Gasteiger partial charge in [-0.15, -0.1) is 10.2 Å². The summed E-state index contributed by atoms with van der Waals surface area (Å²) < 4.78 is 6.15. The van der Waals surface area contributed by atoms with Crippen molar-refractivity contribution in [1.82, 2.24) is 4.98 Å². The van der Waals surface area contributed by atoms with E-state index >= 15 is 0 Å². The molecule has 0 unspecified atom stereocenters. The van der Waals surface area contributed by atoms with Crippen molar-refractivity contribution in [3.63, 3.8) is 0 Å². The standard InChI is InChI=1S/C51H39N7O5/c1-28-13-20-41(30(3)23-28)52-49(61)39-25-33-9-5-7-11-37(33)45(47(39)59)57-55-35-17-15-32(16-18-35)51-54-43-22-19-36(27-44(43)63-51)56-58-46-38-12-8-6-10-34(38)26-40(48(46)60)50(62)53-42-21-14-29(2)24-31(42)4/h5-27,59-60H,1-4H3,(H,52,61)(H,53,62). The van der Waals surface area contributed by atoms with E-state index in [1.807, 2.05) is 113 Å². The first kappa shape index (κ1) is 39.9. The smallest absolute Gasteiger partial charge is 0.259 e. The van der Waals surface area contributed by atoms with Crippen LogP contribution in [-0.4, -0.2) is 27.0 Å². The van der Waals surface area contributed by atoms with Crippen molar-refractivity contribution in [1.29, 1.82) is 0 Å². The first-order valence-corrected chi connectivity index (χ1v) is 20.1. The zero-order valence-electron chi connectivity index (χ0n) is 34.6. The predicted molar refractivity (Wildman–Crippen MR) is 247 cm³/mol. The number of nitrogens with one attached hydrogen (secondary N) is 2. The molecule has 4 N–H and O–H groups in total. The molecule has 1 aromatic heterocycles. The fourth-order valence-electron chi connectivity index (χ4n) is 7.46. The zero-order chi connectivity index (χ0) is 43.8. The number of hydrogen-bond donors (Lipinski definition) is 4. The minimum atomic E-state index is -0.471. The summed E-state index contributed by atoms with van der Waals surface area (Å²) in [6.07, 6.45) is 0. The molecule has 8 aromatic carbocycles. The van der Waals surface area contributed by atoms with Crippen LogP contribution in [0, 0.1) is 27.7 Å². The molecule has 12 nitrogen and oxygen atoms in total. The Morgan fingerprint density at radius 2 is 1.03 bits per heavy atom. The van der Waals surface area contributed by atoms with Crippen LogP contribution in [0.5, 0.6) is 11.5 Å². The highest BCUT2D eigenvalue weighted by molar-refractivity contribution is 6.13. The van der Waals surface area contributed by atoms with Gasteiger partial charge in [0.25, 0.3) is 11.8 Å². The summed E-state index contributed by atoms with van der Waals surface area (Å²) in [5.41, 5.74) is 8.40. The van der Waals surface area contributed by atoms with E-state index in [0.717, 1.165) is 27.6 Å². The van der Waals surface area contributed by atoms with E-state index in [2.05, 4.69) is 36.1 Å². The van der Waals surface area contributed by atoms with Crippen molar-refractivity contribution in [2.45, 2.75) is 27.7 Å². The zero-order valence-corrected chi connectivity index (χ0v) is 34.6. The number of aromatic nitrogens is 1. The van der Waals surface area contributed by atoms with E-state index in [-0.39, 0.29) is 34.0 Å². The molecule has 0 bridgehead atoms. The summed E-state index contributed by atoms with van der Waals surface area (Å²) in [7, 11) is 0. The van der Waals surface area contributed by atoms with Crippen LogP contribution in [0.1, 0.15) is 43.0 Å². The number of carbonyl (C=O) groups excluding carboxylic acids is 2. The van der Waals surface area contributed by atoms with Gasteiger partial charge in [0.1, 0.15) is 16.9 Å². The van der Waals surface area contributed by atoms with E-state index in [1.54, 1.807) is 54.6 Å². The highest BCUT2D eigenvalue weighted by atomic mass is 16.3. The van der Waals surface area contributed by atoms with Crippen LogP contribution in [0.2, 0.25) is 0 Å². The minimum Gasteiger partial charge on any atom is -0.505 e. The first-order valence-electron chi connectivity index (χ1n) is 20.1. The van der Waals surface area contributed by atoms with Crippen LogP contribution in [0.4, 0.5) is 34.1 Å². The average molecular weight is 830 g/mol. The second-order valence-electron chi connectivity index (χ2n) is 15.3. The van der Waals surface area contributed by atoms with Crippen molar-refractivity contribution in [3.8, 4) is 23.0 Å². The number of hydrogen-bond acceptors (Lipinski definition) is 10. The lowest BCUT2D eigenvalue weighted by Gasteiger charge is -2.12. The molecule has 0 spiro atoms. The summed E-state index contributed by atoms with van der Waals surface area (Å²) in [6, 6.07) is 41.7. The molecule has 0 aliphatic rings. The Balaban J connectivity index is 0.952. The Hall–Kier alpha value is -8.51. The van der Waals surface area contributed by atoms with Gasteiger partial charge in [0, 0.05) is 33.8 Å². The SMILES string of the molecule is Cc1ccc(NC(=O)c2cc3ccccc3c(N=Nc3ccc(-c4nc5ccc(N=Nc6c(O)c(C(=O)Nc7ccc(C)cc7C)cc7ccccc67)cc5o4)cc3)c2O)c(C)c1. The Morgan fingerprint density at radius 3 is 1.56 bits per heavy atom. The predicted octanol–water partition coefficient (Wildman–Crippen LogP) is 13.8. The van der Waals surface area contributed by atoms with Crippen molar-refractivity contribution in [2.24, 2.45) is 20.5 Å². The second-order valence-corrected chi connectivity index (χ2v) is 15.3. The number of nitrogens with zero attached hydrogens (tertiary/aromatic N) is 5. The van der Waals surface area contributed by atoms with Gasteiger partial charge in [-0.1, -0.05) is 83.9 Å². The fourth-order valence-corrected chi connectivity index (χ4v) is 7.46. The lowest BCUT2D eigenvalue weighted by atomic mass is 10.0. The van der Waals surface area contributed by atoms with Crippen LogP contribution < -0.4 is 10.6 Å². The molecule has 0 fully saturated rings. The lowest BCUT2D eigenvalue weighted by Crippen LogP contribution is -2.13. The molecular weight excluding hydrogens is 791 g/mol. The van der Waals surface area contributed by atoms with E-state index < -0.39 is 11.8 Å². The van der Waals surface area contributed by atoms with E-state index in [0.29, 0.717) is 61.5 Å². The molecule has 9 aromatic rings. The van der Waals surface area contributed by atoms with Gasteiger partial charge in [0.2, 0.25) is 5.89 Å². The number of anilines is 2. The van der Waals surface area contributed by atoms with Crippen molar-refractivity contribution < 1.29 is 24.2 Å². The number of carbonyl (C=O) groups is 2. The lowest BCUT2D eigenvalue weighted by molar-refractivity contribution is 0.101. The molecule has 9 rings (SSSR count). The van der Waals surface area contributed by atoms with Gasteiger partial charge in [0.15, 0.2) is 17.1 Å². The third-order valence-corrected chi connectivity index (χ3v) is 10.8. The minimum absolute atomic E-state index is 0.0694. The fraction of sp³-hybridized carbons (Fsp3) is 0.0784. The molecule has 0 atom stereocenters. The quantitative estimate of drug-likeness (QED) is 0.105. The number of benzene rings is 8. The molecule has 0 aliphatic carbocycles. The number of azo groups is 2. The van der Waals surface area contributed by atoms with Gasteiger partial charge < -0.3 is 25.3 Å². The van der Waals surface area contributed by atoms with Gasteiger partial charge in [-0.25, -0.2) is 4.98 Å². The van der Waals surface area contributed by atoms with Crippen molar-refractivity contribution >= 4 is 78.6 Å². The maximum absolute atomic E-state index is 13.5. The highest BCUT2D eigenvalue weighted by Crippen LogP contribution is 2.42. The number of aryl methyl sites for hydroxylation is 4. The summed E-state index contributed by atoms with van der Waals surface area (Å²) in [4.78, 5) is 31.6. The van der Waals surface area contributed by atoms with Gasteiger partial charge >= 0.3 is 0 Å². The molecule has 1 heterocycles. The van der Waals surface area contributed by atoms with Crippen LogP contribution in [0.25, 0.3) is 44.1 Å². The third kappa shape index (κ3) is 8.08. The Kier molecular flexibility index (Phi) is 10.5. The van der Waals surface area contributed by atoms with E-state index in [4.69, 9.17) is 4.42 Å². The van der Waals surface area contributed by atoms with Crippen LogP contribution in [0.3, 0.4) is 0 Å². The monoisotopic (exact) mass is 829 g/mol. The van der Waals surface area contributed by atoms with E-state index in [1.165, 1.54) is 0 Å². The normalized spacial score (nSPS) is 11.6. The van der Waals surface area contributed by atoms with E-state index in [9.17, 15) is 19.8 Å². The van der Waals surface area contributed by atoms with Crippen molar-refractivity contribution in [3.05, 3.63) is 173 Å². The van der Waals surface area contributed by atoms with Crippen molar-refractivity contribution in [2.75, 3.05) is 10.6 Å². The maximum Gasteiger partial charge on any atom is 0.259 e. The Bertz CT molecular complexity index is 3350. The molecule has 308 valence electrons. The number of aromatic hydroxyl groups is 2. The molecule has 0 aliphatic heterocycles. The first-order chi connectivity index (χ1) is 30.5. The average Bonchev–Trinajstić information content (AvgIpc) is 3.71. The summed E-state index contributed by atoms with van der Waals surface area (Å²) >= 11 is 0. The largest absolute Gasteiger partial charge is 0.505 e. The Morgan fingerprint density at radius 1 is 0.540 bits per heavy atom. The Labute approximate surface area is 361 Å². The number of fused-ring (bicyclic) bond motifs is 3. The molecule has 2 amide bonds. The number of oxazole rings is 1. The number of rotatable bonds is 9. The highest BCUT2D eigenvalue weighted by Gasteiger charge is 2.21. The maximum atomic E-state index is 13.5. The molecule has 12 heteroatoms. The molecular formula is C51H39N7O5. The molecule has 0 radical (unpaired) electrons. The number of phenols is 2. The number of amides is 2. The van der Waals surface area contributed by atoms with Gasteiger partial charge in [-0.05, 0) is 110 Å². The molecule has 63 heavy (non-hydrogen) atoms. The number of phenolic OH excluding ortho intramolecular Hbond substituents is 2. The third-order valence-electron chi connectivity index (χ3n) is 10.8. The van der Waals surface area contributed by atoms with Gasteiger partial charge in [-0.3, -0.25) is 9.59 Å². The van der Waals surface area contributed by atoms with Gasteiger partial charge in [0.05, 0.1) is 22.5 Å². The topological polar surface area (TPSA) is 174 Å². The van der Waals surface area contributed by atoms with Crippen LogP contribution >= 0.6 is 0 Å². The summed E-state index contributed by atoms with van der Waals surface area (Å²) in [5.74, 6) is -1.15.